The molecule has 1 fully saturated rings. The topological polar surface area (TPSA) is 95.0 Å². The van der Waals surface area contributed by atoms with Crippen LogP contribution in [0.2, 0.25) is 0 Å². The van der Waals surface area contributed by atoms with Crippen LogP contribution in [0.5, 0.6) is 0 Å². The van der Waals surface area contributed by atoms with Crippen LogP contribution in [0.15, 0.2) is 0 Å². The average Bonchev–Trinajstić information content (AvgIpc) is 2.34. The Hall–Kier alpha value is -1.15. The minimum absolute atomic E-state index is 0.196. The van der Waals surface area contributed by atoms with Crippen molar-refractivity contribution in [2.45, 2.75) is 19.8 Å². The van der Waals surface area contributed by atoms with Gasteiger partial charge in [0.25, 0.3) is 0 Å². The molecular weight excluding hydrogens is 272 g/mol. The number of carboxylic acid groups (broad SMARTS) is 1. The smallest absolute Gasteiger partial charge is 0.323 e. The molecular formula is C11H20N2O5S. The quantitative estimate of drug-likeness (QED) is 0.743. The van der Waals surface area contributed by atoms with Gasteiger partial charge >= 0.3 is 5.97 Å². The Balaban J connectivity index is 2.59. The number of carbonyl (C=O) groups is 2. The molecule has 0 aromatic carbocycles. The summed E-state index contributed by atoms with van der Waals surface area (Å²) in [5.74, 6) is -1.51. The molecule has 1 amide bonds. The highest BCUT2D eigenvalue weighted by Crippen LogP contribution is 2.21. The number of likely N-dealkylation sites (N-methyl/N-ethyl adjacent to an activating group) is 1. The van der Waals surface area contributed by atoms with Crippen LogP contribution >= 0.6 is 0 Å². The Bertz CT molecular complexity index is 440. The van der Waals surface area contributed by atoms with E-state index in [4.69, 9.17) is 5.11 Å². The normalized spacial score (nSPS) is 18.2. The number of piperidine rings is 1. The molecule has 19 heavy (non-hydrogen) atoms. The van der Waals surface area contributed by atoms with E-state index in [1.807, 2.05) is 0 Å². The lowest BCUT2D eigenvalue weighted by Crippen LogP contribution is -2.45. The van der Waals surface area contributed by atoms with E-state index in [0.717, 1.165) is 6.26 Å². The number of sulfonamides is 1. The highest BCUT2D eigenvalue weighted by Gasteiger charge is 2.31. The van der Waals surface area contributed by atoms with Gasteiger partial charge in [-0.1, -0.05) is 0 Å². The van der Waals surface area contributed by atoms with Crippen LogP contribution in [0.25, 0.3) is 0 Å². The monoisotopic (exact) mass is 292 g/mol. The summed E-state index contributed by atoms with van der Waals surface area (Å²) < 4.78 is 24.1. The van der Waals surface area contributed by atoms with E-state index in [1.165, 1.54) is 9.21 Å². The third-order valence-electron chi connectivity index (χ3n) is 3.29. The fourth-order valence-corrected chi connectivity index (χ4v) is 3.08. The van der Waals surface area contributed by atoms with Crippen LogP contribution in [0.1, 0.15) is 19.8 Å². The summed E-state index contributed by atoms with van der Waals surface area (Å²) in [6.45, 7) is 2.41. The standard InChI is InChI=1S/C11H20N2O5S/c1-3-12(8-10(14)15)11(16)9-4-6-13(7-5-9)19(2,17)18/h9H,3-8H2,1-2H3,(H,14,15). The zero-order valence-electron chi connectivity index (χ0n) is 11.2. The number of hydrogen-bond donors (Lipinski definition) is 1. The number of aliphatic carboxylic acids is 1. The Morgan fingerprint density at radius 2 is 1.84 bits per heavy atom. The van der Waals surface area contributed by atoms with E-state index in [1.54, 1.807) is 6.92 Å². The second kappa shape index (κ2) is 6.33. The van der Waals surface area contributed by atoms with Crippen molar-refractivity contribution in [3.8, 4) is 0 Å². The van der Waals surface area contributed by atoms with Gasteiger partial charge in [-0.15, -0.1) is 0 Å². The average molecular weight is 292 g/mol. The molecule has 0 atom stereocenters. The lowest BCUT2D eigenvalue weighted by Gasteiger charge is -2.32. The Kier molecular flexibility index (Phi) is 5.30. The number of amides is 1. The summed E-state index contributed by atoms with van der Waals surface area (Å²) in [4.78, 5) is 24.1. The van der Waals surface area contributed by atoms with Gasteiger partial charge in [-0.25, -0.2) is 12.7 Å². The molecule has 0 spiro atoms. The first-order valence-electron chi connectivity index (χ1n) is 6.21. The zero-order chi connectivity index (χ0) is 14.6. The van der Waals surface area contributed by atoms with Gasteiger partial charge in [0.1, 0.15) is 6.54 Å². The maximum Gasteiger partial charge on any atom is 0.323 e. The second-order valence-corrected chi connectivity index (χ2v) is 6.66. The molecule has 1 heterocycles. The fraction of sp³-hybridized carbons (Fsp3) is 0.818. The fourth-order valence-electron chi connectivity index (χ4n) is 2.20. The van der Waals surface area contributed by atoms with E-state index in [2.05, 4.69) is 0 Å². The molecule has 0 saturated carbocycles. The van der Waals surface area contributed by atoms with Crippen LogP contribution in [0.3, 0.4) is 0 Å². The van der Waals surface area contributed by atoms with Gasteiger partial charge in [0.15, 0.2) is 0 Å². The van der Waals surface area contributed by atoms with Crippen molar-refractivity contribution in [3.63, 3.8) is 0 Å². The van der Waals surface area contributed by atoms with Gasteiger partial charge < -0.3 is 10.0 Å². The van der Waals surface area contributed by atoms with Crippen molar-refractivity contribution in [3.05, 3.63) is 0 Å². The molecule has 1 aliphatic heterocycles. The van der Waals surface area contributed by atoms with Crippen molar-refractivity contribution in [2.24, 2.45) is 5.92 Å². The maximum atomic E-state index is 12.1. The summed E-state index contributed by atoms with van der Waals surface area (Å²) in [6, 6.07) is 0. The molecule has 1 rings (SSSR count). The van der Waals surface area contributed by atoms with Gasteiger partial charge in [0.05, 0.1) is 6.26 Å². The van der Waals surface area contributed by atoms with E-state index < -0.39 is 16.0 Å². The molecule has 0 radical (unpaired) electrons. The molecule has 0 aromatic rings. The van der Waals surface area contributed by atoms with E-state index in [-0.39, 0.29) is 18.4 Å². The molecule has 110 valence electrons. The molecule has 8 heteroatoms. The number of rotatable bonds is 5. The molecule has 1 aliphatic rings. The first-order valence-corrected chi connectivity index (χ1v) is 8.06. The van der Waals surface area contributed by atoms with E-state index in [9.17, 15) is 18.0 Å². The van der Waals surface area contributed by atoms with Crippen LogP contribution in [-0.2, 0) is 19.6 Å². The van der Waals surface area contributed by atoms with Crippen molar-refractivity contribution < 1.29 is 23.1 Å². The van der Waals surface area contributed by atoms with Gasteiger partial charge in [-0.3, -0.25) is 9.59 Å². The van der Waals surface area contributed by atoms with E-state index in [0.29, 0.717) is 32.5 Å². The Morgan fingerprint density at radius 3 is 2.21 bits per heavy atom. The molecule has 7 nitrogen and oxygen atoms in total. The third kappa shape index (κ3) is 4.46. The summed E-state index contributed by atoms with van der Waals surface area (Å²) in [6.07, 6.45) is 2.04. The highest BCUT2D eigenvalue weighted by atomic mass is 32.2. The maximum absolute atomic E-state index is 12.1. The van der Waals surface area contributed by atoms with Gasteiger partial charge in [-0.2, -0.15) is 0 Å². The molecule has 0 unspecified atom stereocenters. The van der Waals surface area contributed by atoms with Gasteiger partial charge in [0, 0.05) is 25.6 Å². The first-order chi connectivity index (χ1) is 8.75. The lowest BCUT2D eigenvalue weighted by atomic mass is 9.96. The SMILES string of the molecule is CCN(CC(=O)O)C(=O)C1CCN(S(C)(=O)=O)CC1. The number of carbonyl (C=O) groups excluding carboxylic acids is 1. The number of carboxylic acids is 1. The van der Waals surface area contributed by atoms with Gasteiger partial charge in [-0.05, 0) is 19.8 Å². The predicted octanol–water partition coefficient (Wildman–Crippen LogP) is -0.409. The summed E-state index contributed by atoms with van der Waals surface area (Å²) in [7, 11) is -3.21. The lowest BCUT2D eigenvalue weighted by molar-refractivity contribution is -0.146. The van der Waals surface area contributed by atoms with Crippen LogP contribution in [0.4, 0.5) is 0 Å². The molecule has 0 aromatic heterocycles. The van der Waals surface area contributed by atoms with Crippen LogP contribution in [-0.4, -0.2) is 67.0 Å². The number of nitrogens with zero attached hydrogens (tertiary/aromatic N) is 2. The van der Waals surface area contributed by atoms with Crippen molar-refractivity contribution in [1.29, 1.82) is 0 Å². The number of hydrogen-bond acceptors (Lipinski definition) is 4. The Morgan fingerprint density at radius 1 is 1.32 bits per heavy atom. The molecule has 0 bridgehead atoms. The van der Waals surface area contributed by atoms with Gasteiger partial charge in [0.2, 0.25) is 15.9 Å². The van der Waals surface area contributed by atoms with Crippen molar-refractivity contribution >= 4 is 21.9 Å². The highest BCUT2D eigenvalue weighted by molar-refractivity contribution is 7.88. The van der Waals surface area contributed by atoms with E-state index >= 15 is 0 Å². The molecule has 1 saturated heterocycles. The molecule has 0 aliphatic carbocycles. The second-order valence-electron chi connectivity index (χ2n) is 4.68. The minimum atomic E-state index is -3.21. The predicted molar refractivity (Wildman–Crippen MR) is 69.0 cm³/mol. The van der Waals surface area contributed by atoms with Crippen LogP contribution in [0, 0.1) is 5.92 Å². The van der Waals surface area contributed by atoms with Crippen molar-refractivity contribution in [2.75, 3.05) is 32.4 Å². The minimum Gasteiger partial charge on any atom is -0.480 e. The first kappa shape index (κ1) is 15.9. The van der Waals surface area contributed by atoms with Crippen LogP contribution < -0.4 is 0 Å². The summed E-state index contributed by atoms with van der Waals surface area (Å²) >= 11 is 0. The van der Waals surface area contributed by atoms with Crippen molar-refractivity contribution in [1.82, 2.24) is 9.21 Å². The largest absolute Gasteiger partial charge is 0.480 e. The summed E-state index contributed by atoms with van der Waals surface area (Å²) in [5, 5.41) is 8.73. The third-order valence-corrected chi connectivity index (χ3v) is 4.59. The Labute approximate surface area is 113 Å². The zero-order valence-corrected chi connectivity index (χ0v) is 12.0. The molecule has 1 N–H and O–H groups in total. The summed E-state index contributed by atoms with van der Waals surface area (Å²) in [5.41, 5.74) is 0.